The molecule has 0 radical (unpaired) electrons. The number of rotatable bonds is 6. The van der Waals surface area contributed by atoms with Gasteiger partial charge < -0.3 is 15.4 Å². The second-order valence-corrected chi connectivity index (χ2v) is 5.33. The number of esters is 1. The molecule has 0 fully saturated rings. The molecule has 0 aliphatic carbocycles. The molecule has 0 bridgehead atoms. The Hall–Kier alpha value is -2.37. The molecule has 1 aromatic rings. The van der Waals surface area contributed by atoms with Gasteiger partial charge >= 0.3 is 5.97 Å². The number of methoxy groups -OCH3 is 1. The molecule has 6 nitrogen and oxygen atoms in total. The second kappa shape index (κ2) is 8.17. The molecule has 120 valence electrons. The number of carbonyl (C=O) groups is 3. The maximum absolute atomic E-state index is 12.1. The smallest absolute Gasteiger partial charge is 0.337 e. The van der Waals surface area contributed by atoms with Gasteiger partial charge in [0.05, 0.1) is 12.7 Å². The van der Waals surface area contributed by atoms with Gasteiger partial charge in [0.15, 0.2) is 0 Å². The summed E-state index contributed by atoms with van der Waals surface area (Å²) in [5.74, 6) is -0.884. The third-order valence-electron chi connectivity index (χ3n) is 3.15. The first kappa shape index (κ1) is 17.7. The maximum Gasteiger partial charge on any atom is 0.337 e. The molecule has 0 spiro atoms. The zero-order chi connectivity index (χ0) is 16.7. The van der Waals surface area contributed by atoms with E-state index < -0.39 is 12.0 Å². The number of amides is 2. The molecule has 2 amide bonds. The van der Waals surface area contributed by atoms with Crippen molar-refractivity contribution in [1.29, 1.82) is 0 Å². The Labute approximate surface area is 130 Å². The van der Waals surface area contributed by atoms with Crippen LogP contribution in [0.15, 0.2) is 24.3 Å². The average Bonchev–Trinajstić information content (AvgIpc) is 2.49. The molecule has 0 aromatic heterocycles. The van der Waals surface area contributed by atoms with Gasteiger partial charge in [-0.05, 0) is 23.6 Å². The van der Waals surface area contributed by atoms with Gasteiger partial charge in [-0.2, -0.15) is 0 Å². The van der Waals surface area contributed by atoms with Crippen molar-refractivity contribution in [3.63, 3.8) is 0 Å². The largest absolute Gasteiger partial charge is 0.465 e. The van der Waals surface area contributed by atoms with E-state index in [0.717, 1.165) is 5.56 Å². The van der Waals surface area contributed by atoms with E-state index in [4.69, 9.17) is 0 Å². The Bertz CT molecular complexity index is 538. The molecular formula is C16H22N2O4. The monoisotopic (exact) mass is 306 g/mol. The van der Waals surface area contributed by atoms with Crippen molar-refractivity contribution >= 4 is 17.8 Å². The lowest BCUT2D eigenvalue weighted by Crippen LogP contribution is -2.48. The maximum atomic E-state index is 12.1. The summed E-state index contributed by atoms with van der Waals surface area (Å²) >= 11 is 0. The summed E-state index contributed by atoms with van der Waals surface area (Å²) in [5.41, 5.74) is 1.31. The zero-order valence-electron chi connectivity index (χ0n) is 13.3. The predicted molar refractivity (Wildman–Crippen MR) is 82.1 cm³/mol. The van der Waals surface area contributed by atoms with Crippen LogP contribution >= 0.6 is 0 Å². The second-order valence-electron chi connectivity index (χ2n) is 5.33. The topological polar surface area (TPSA) is 84.5 Å². The first-order valence-corrected chi connectivity index (χ1v) is 7.07. The molecule has 1 atom stereocenters. The summed E-state index contributed by atoms with van der Waals surface area (Å²) in [5, 5.41) is 5.41. The minimum Gasteiger partial charge on any atom is -0.465 e. The summed E-state index contributed by atoms with van der Waals surface area (Å²) < 4.78 is 4.62. The molecule has 0 saturated carbocycles. The molecule has 1 rings (SSSR count). The van der Waals surface area contributed by atoms with Crippen LogP contribution in [-0.2, 0) is 20.9 Å². The molecule has 6 heteroatoms. The first-order valence-electron chi connectivity index (χ1n) is 7.07. The van der Waals surface area contributed by atoms with Gasteiger partial charge in [0, 0.05) is 13.5 Å². The number of hydrogen-bond acceptors (Lipinski definition) is 4. The predicted octanol–water partition coefficient (Wildman–Crippen LogP) is 1.25. The van der Waals surface area contributed by atoms with E-state index in [2.05, 4.69) is 15.4 Å². The molecule has 0 aliphatic heterocycles. The Kier molecular flexibility index (Phi) is 6.56. The van der Waals surface area contributed by atoms with Crippen LogP contribution in [0.25, 0.3) is 0 Å². The van der Waals surface area contributed by atoms with Crippen molar-refractivity contribution in [3.8, 4) is 0 Å². The number of carbonyl (C=O) groups excluding carboxylic acids is 3. The van der Waals surface area contributed by atoms with E-state index in [1.165, 1.54) is 14.0 Å². The van der Waals surface area contributed by atoms with Crippen LogP contribution in [-0.4, -0.2) is 30.9 Å². The van der Waals surface area contributed by atoms with Crippen molar-refractivity contribution < 1.29 is 19.1 Å². The van der Waals surface area contributed by atoms with E-state index in [-0.39, 0.29) is 17.7 Å². The molecule has 0 heterocycles. The van der Waals surface area contributed by atoms with Crippen molar-refractivity contribution in [3.05, 3.63) is 35.4 Å². The van der Waals surface area contributed by atoms with Gasteiger partial charge in [-0.3, -0.25) is 9.59 Å². The van der Waals surface area contributed by atoms with Gasteiger partial charge in [-0.1, -0.05) is 26.0 Å². The SMILES string of the molecule is COC(=O)c1ccc(CNC(=O)[C@@H](NC(C)=O)C(C)C)cc1. The standard InChI is InChI=1S/C16H22N2O4/c1-10(2)14(18-11(3)19)15(20)17-9-12-5-7-13(8-6-12)16(21)22-4/h5-8,10,14H,9H2,1-4H3,(H,17,20)(H,18,19)/t14-/m0/s1. The fraction of sp³-hybridized carbons (Fsp3) is 0.438. The van der Waals surface area contributed by atoms with Crippen LogP contribution < -0.4 is 10.6 Å². The van der Waals surface area contributed by atoms with Crippen LogP contribution in [0.1, 0.15) is 36.7 Å². The van der Waals surface area contributed by atoms with E-state index in [1.54, 1.807) is 24.3 Å². The summed E-state index contributed by atoms with van der Waals surface area (Å²) in [4.78, 5) is 34.6. The molecular weight excluding hydrogens is 284 g/mol. The fourth-order valence-electron chi connectivity index (χ4n) is 1.93. The van der Waals surface area contributed by atoms with E-state index in [1.807, 2.05) is 13.8 Å². The van der Waals surface area contributed by atoms with Crippen molar-refractivity contribution in [2.24, 2.45) is 5.92 Å². The third-order valence-corrected chi connectivity index (χ3v) is 3.15. The molecule has 2 N–H and O–H groups in total. The Morgan fingerprint density at radius 3 is 2.18 bits per heavy atom. The lowest BCUT2D eigenvalue weighted by atomic mass is 10.0. The fourth-order valence-corrected chi connectivity index (χ4v) is 1.93. The highest BCUT2D eigenvalue weighted by Crippen LogP contribution is 2.07. The summed E-state index contributed by atoms with van der Waals surface area (Å²) in [6.45, 7) is 5.44. The summed E-state index contributed by atoms with van der Waals surface area (Å²) in [7, 11) is 1.32. The Morgan fingerprint density at radius 1 is 1.14 bits per heavy atom. The molecule has 0 aliphatic rings. The summed E-state index contributed by atoms with van der Waals surface area (Å²) in [6, 6.07) is 6.21. The van der Waals surface area contributed by atoms with Gasteiger partial charge in [-0.15, -0.1) is 0 Å². The van der Waals surface area contributed by atoms with E-state index >= 15 is 0 Å². The van der Waals surface area contributed by atoms with Crippen molar-refractivity contribution in [2.75, 3.05) is 7.11 Å². The lowest BCUT2D eigenvalue weighted by Gasteiger charge is -2.20. The Balaban J connectivity index is 2.62. The lowest BCUT2D eigenvalue weighted by molar-refractivity contribution is -0.129. The van der Waals surface area contributed by atoms with E-state index in [0.29, 0.717) is 12.1 Å². The first-order chi connectivity index (χ1) is 10.3. The van der Waals surface area contributed by atoms with Crippen molar-refractivity contribution in [2.45, 2.75) is 33.4 Å². The minimum atomic E-state index is -0.563. The van der Waals surface area contributed by atoms with Crippen molar-refractivity contribution in [1.82, 2.24) is 10.6 Å². The van der Waals surface area contributed by atoms with Crippen LogP contribution in [0.3, 0.4) is 0 Å². The number of ether oxygens (including phenoxy) is 1. The highest BCUT2D eigenvalue weighted by Gasteiger charge is 2.22. The van der Waals surface area contributed by atoms with Crippen LogP contribution in [0, 0.1) is 5.92 Å². The molecule has 1 aromatic carbocycles. The Morgan fingerprint density at radius 2 is 1.73 bits per heavy atom. The van der Waals surface area contributed by atoms with Gasteiger partial charge in [0.2, 0.25) is 11.8 Å². The molecule has 22 heavy (non-hydrogen) atoms. The minimum absolute atomic E-state index is 0.00870. The van der Waals surface area contributed by atoms with Gasteiger partial charge in [-0.25, -0.2) is 4.79 Å². The van der Waals surface area contributed by atoms with Gasteiger partial charge in [0.1, 0.15) is 6.04 Å². The number of nitrogens with one attached hydrogen (secondary N) is 2. The van der Waals surface area contributed by atoms with Gasteiger partial charge in [0.25, 0.3) is 0 Å². The van der Waals surface area contributed by atoms with Crippen LogP contribution in [0.5, 0.6) is 0 Å². The van der Waals surface area contributed by atoms with Crippen LogP contribution in [0.4, 0.5) is 0 Å². The third kappa shape index (κ3) is 5.20. The van der Waals surface area contributed by atoms with Crippen LogP contribution in [0.2, 0.25) is 0 Å². The zero-order valence-corrected chi connectivity index (χ0v) is 13.3. The summed E-state index contributed by atoms with van der Waals surface area (Å²) in [6.07, 6.45) is 0. The highest BCUT2D eigenvalue weighted by molar-refractivity contribution is 5.89. The molecule has 0 saturated heterocycles. The van der Waals surface area contributed by atoms with E-state index in [9.17, 15) is 14.4 Å². The average molecular weight is 306 g/mol. The normalized spacial score (nSPS) is 11.7. The highest BCUT2D eigenvalue weighted by atomic mass is 16.5. The number of benzene rings is 1. The molecule has 0 unspecified atom stereocenters. The quantitative estimate of drug-likeness (QED) is 0.775. The number of hydrogen-bond donors (Lipinski definition) is 2.